The van der Waals surface area contributed by atoms with Crippen molar-refractivity contribution < 1.29 is 13.2 Å². The van der Waals surface area contributed by atoms with E-state index in [2.05, 4.69) is 15.4 Å². The van der Waals surface area contributed by atoms with Gasteiger partial charge in [0.2, 0.25) is 0 Å². The van der Waals surface area contributed by atoms with Crippen molar-refractivity contribution >= 4 is 34.0 Å². The molecule has 1 aliphatic heterocycles. The molecule has 26 heavy (non-hydrogen) atoms. The van der Waals surface area contributed by atoms with Crippen molar-refractivity contribution in [3.8, 4) is 0 Å². The van der Waals surface area contributed by atoms with Crippen LogP contribution in [-0.2, 0) is 10.0 Å². The number of benzene rings is 2. The summed E-state index contributed by atoms with van der Waals surface area (Å²) in [5.74, 6) is -0.263. The summed E-state index contributed by atoms with van der Waals surface area (Å²) in [6, 6.07) is 13.2. The molecule has 0 saturated carbocycles. The number of amides is 1. The van der Waals surface area contributed by atoms with Crippen molar-refractivity contribution in [2.75, 3.05) is 17.8 Å². The second-order valence-corrected chi connectivity index (χ2v) is 7.84. The second-order valence-electron chi connectivity index (χ2n) is 6.16. The van der Waals surface area contributed by atoms with Crippen LogP contribution in [0.3, 0.4) is 0 Å². The largest absolute Gasteiger partial charge is 0.348 e. The predicted molar refractivity (Wildman–Crippen MR) is 104 cm³/mol. The van der Waals surface area contributed by atoms with E-state index in [1.165, 1.54) is 12.1 Å². The van der Waals surface area contributed by atoms with Crippen LogP contribution >= 0.6 is 12.4 Å². The lowest BCUT2D eigenvalue weighted by Crippen LogP contribution is -2.36. The van der Waals surface area contributed by atoms with Crippen molar-refractivity contribution in [3.63, 3.8) is 0 Å². The standard InChI is InChI=1S/C18H21N3O3S.ClH/c1-13-5-7-15(8-6-13)21-25(23,24)17-4-2-3-14(11-17)18(22)20-16-9-10-19-12-16;/h2-8,11,16,19,21H,9-10,12H2,1H3,(H,20,22);1H. The van der Waals surface area contributed by atoms with Crippen molar-refractivity contribution in [3.05, 3.63) is 59.7 Å². The van der Waals surface area contributed by atoms with Crippen LogP contribution in [0.2, 0.25) is 0 Å². The number of hydrogen-bond donors (Lipinski definition) is 3. The molecular weight excluding hydrogens is 374 g/mol. The van der Waals surface area contributed by atoms with Crippen molar-refractivity contribution in [1.29, 1.82) is 0 Å². The van der Waals surface area contributed by atoms with E-state index >= 15 is 0 Å². The Kier molecular flexibility index (Phi) is 6.63. The lowest BCUT2D eigenvalue weighted by Gasteiger charge is -2.12. The number of sulfonamides is 1. The molecular formula is C18H22ClN3O3S. The number of halogens is 1. The maximum Gasteiger partial charge on any atom is 0.261 e. The van der Waals surface area contributed by atoms with Gasteiger partial charge in [0.25, 0.3) is 15.9 Å². The van der Waals surface area contributed by atoms with E-state index in [0.29, 0.717) is 11.3 Å². The van der Waals surface area contributed by atoms with Crippen LogP contribution in [0, 0.1) is 6.92 Å². The first kappa shape index (κ1) is 20.2. The predicted octanol–water partition coefficient (Wildman–Crippen LogP) is 2.31. The fourth-order valence-corrected chi connectivity index (χ4v) is 3.79. The Morgan fingerprint density at radius 3 is 2.54 bits per heavy atom. The molecule has 140 valence electrons. The van der Waals surface area contributed by atoms with Gasteiger partial charge in [-0.3, -0.25) is 9.52 Å². The van der Waals surface area contributed by atoms with Gasteiger partial charge in [0.15, 0.2) is 0 Å². The first-order valence-corrected chi connectivity index (χ1v) is 9.63. The molecule has 0 radical (unpaired) electrons. The highest BCUT2D eigenvalue weighted by atomic mass is 35.5. The molecule has 1 amide bonds. The van der Waals surface area contributed by atoms with Gasteiger partial charge in [0.05, 0.1) is 4.90 Å². The zero-order valence-electron chi connectivity index (χ0n) is 14.4. The van der Waals surface area contributed by atoms with Crippen LogP contribution < -0.4 is 15.4 Å². The Morgan fingerprint density at radius 2 is 1.88 bits per heavy atom. The SMILES string of the molecule is Cc1ccc(NS(=O)(=O)c2cccc(C(=O)NC3CCNC3)c2)cc1.Cl. The highest BCUT2D eigenvalue weighted by Crippen LogP contribution is 2.18. The van der Waals surface area contributed by atoms with Crippen LogP contribution in [0.15, 0.2) is 53.4 Å². The van der Waals surface area contributed by atoms with Gasteiger partial charge in [-0.1, -0.05) is 23.8 Å². The van der Waals surface area contributed by atoms with Crippen molar-refractivity contribution in [1.82, 2.24) is 10.6 Å². The van der Waals surface area contributed by atoms with Crippen LogP contribution in [0.4, 0.5) is 5.69 Å². The first-order chi connectivity index (χ1) is 11.9. The Labute approximate surface area is 159 Å². The van der Waals surface area contributed by atoms with E-state index in [-0.39, 0.29) is 29.3 Å². The van der Waals surface area contributed by atoms with Gasteiger partial charge in [-0.15, -0.1) is 12.4 Å². The van der Waals surface area contributed by atoms with Gasteiger partial charge in [0, 0.05) is 23.8 Å². The summed E-state index contributed by atoms with van der Waals surface area (Å²) in [6.45, 7) is 3.54. The minimum absolute atomic E-state index is 0. The summed E-state index contributed by atoms with van der Waals surface area (Å²) in [7, 11) is -3.75. The molecule has 0 aliphatic carbocycles. The zero-order valence-corrected chi connectivity index (χ0v) is 16.0. The average Bonchev–Trinajstić information content (AvgIpc) is 3.10. The molecule has 1 atom stereocenters. The number of aryl methyl sites for hydroxylation is 1. The van der Waals surface area contributed by atoms with Crippen molar-refractivity contribution in [2.45, 2.75) is 24.3 Å². The minimum Gasteiger partial charge on any atom is -0.348 e. The van der Waals surface area contributed by atoms with Crippen LogP contribution in [0.5, 0.6) is 0 Å². The van der Waals surface area contributed by atoms with Gasteiger partial charge in [-0.05, 0) is 50.2 Å². The van der Waals surface area contributed by atoms with E-state index in [9.17, 15) is 13.2 Å². The number of hydrogen-bond acceptors (Lipinski definition) is 4. The fourth-order valence-electron chi connectivity index (χ4n) is 2.69. The van der Waals surface area contributed by atoms with Gasteiger partial charge in [0.1, 0.15) is 0 Å². The molecule has 3 N–H and O–H groups in total. The number of anilines is 1. The monoisotopic (exact) mass is 395 g/mol. The minimum atomic E-state index is -3.75. The number of rotatable bonds is 5. The third-order valence-electron chi connectivity index (χ3n) is 4.11. The summed E-state index contributed by atoms with van der Waals surface area (Å²) >= 11 is 0. The zero-order chi connectivity index (χ0) is 17.9. The molecule has 0 bridgehead atoms. The van der Waals surface area contributed by atoms with Crippen molar-refractivity contribution in [2.24, 2.45) is 0 Å². The molecule has 8 heteroatoms. The van der Waals surface area contributed by atoms with E-state index in [0.717, 1.165) is 25.1 Å². The maximum absolute atomic E-state index is 12.6. The molecule has 0 aromatic heterocycles. The summed E-state index contributed by atoms with van der Waals surface area (Å²) < 4.78 is 27.6. The van der Waals surface area contributed by atoms with E-state index in [1.54, 1.807) is 24.3 Å². The molecule has 2 aromatic carbocycles. The summed E-state index contributed by atoms with van der Waals surface area (Å²) in [4.78, 5) is 12.4. The third-order valence-corrected chi connectivity index (χ3v) is 5.48. The molecule has 1 fully saturated rings. The normalized spacial score (nSPS) is 16.6. The molecule has 6 nitrogen and oxygen atoms in total. The van der Waals surface area contributed by atoms with Crippen LogP contribution in [0.25, 0.3) is 0 Å². The highest BCUT2D eigenvalue weighted by Gasteiger charge is 2.20. The van der Waals surface area contributed by atoms with Gasteiger partial charge in [-0.25, -0.2) is 8.42 Å². The second kappa shape index (κ2) is 8.53. The molecule has 2 aromatic rings. The fraction of sp³-hybridized carbons (Fsp3) is 0.278. The lowest BCUT2D eigenvalue weighted by atomic mass is 10.2. The Hall–Kier alpha value is -2.09. The number of carbonyl (C=O) groups is 1. The van der Waals surface area contributed by atoms with Gasteiger partial charge < -0.3 is 10.6 Å². The third kappa shape index (κ3) is 4.97. The molecule has 1 aliphatic rings. The molecule has 1 saturated heterocycles. The van der Waals surface area contributed by atoms with Gasteiger partial charge in [-0.2, -0.15) is 0 Å². The molecule has 0 spiro atoms. The molecule has 1 heterocycles. The Morgan fingerprint density at radius 1 is 1.15 bits per heavy atom. The Bertz CT molecular complexity index is 864. The summed E-state index contributed by atoms with van der Waals surface area (Å²) in [5.41, 5.74) is 1.86. The summed E-state index contributed by atoms with van der Waals surface area (Å²) in [5, 5.41) is 6.09. The lowest BCUT2D eigenvalue weighted by molar-refractivity contribution is 0.0940. The smallest absolute Gasteiger partial charge is 0.261 e. The highest BCUT2D eigenvalue weighted by molar-refractivity contribution is 7.92. The quantitative estimate of drug-likeness (QED) is 0.725. The molecule has 3 rings (SSSR count). The number of carbonyl (C=O) groups excluding carboxylic acids is 1. The first-order valence-electron chi connectivity index (χ1n) is 8.15. The van der Waals surface area contributed by atoms with E-state index in [4.69, 9.17) is 0 Å². The van der Waals surface area contributed by atoms with E-state index < -0.39 is 10.0 Å². The van der Waals surface area contributed by atoms with E-state index in [1.807, 2.05) is 19.1 Å². The summed E-state index contributed by atoms with van der Waals surface area (Å²) in [6.07, 6.45) is 0.874. The Balaban J connectivity index is 0.00000243. The average molecular weight is 396 g/mol. The van der Waals surface area contributed by atoms with Crippen LogP contribution in [0.1, 0.15) is 22.3 Å². The van der Waals surface area contributed by atoms with Crippen LogP contribution in [-0.4, -0.2) is 33.5 Å². The van der Waals surface area contributed by atoms with Gasteiger partial charge >= 0.3 is 0 Å². The topological polar surface area (TPSA) is 87.3 Å². The number of nitrogens with one attached hydrogen (secondary N) is 3. The molecule has 1 unspecified atom stereocenters. The maximum atomic E-state index is 12.6.